The average Bonchev–Trinajstić information content (AvgIpc) is 3.18. The van der Waals surface area contributed by atoms with E-state index in [9.17, 15) is 4.79 Å². The molecule has 0 saturated carbocycles. The summed E-state index contributed by atoms with van der Waals surface area (Å²) < 4.78 is 0. The number of carbonyl (C=O) groups is 1. The zero-order valence-electron chi connectivity index (χ0n) is 15.0. The summed E-state index contributed by atoms with van der Waals surface area (Å²) >= 11 is 0. The van der Waals surface area contributed by atoms with Gasteiger partial charge in [0.15, 0.2) is 0 Å². The highest BCUT2D eigenvalue weighted by molar-refractivity contribution is 5.92. The quantitative estimate of drug-likeness (QED) is 0.867. The van der Waals surface area contributed by atoms with Gasteiger partial charge in [0, 0.05) is 37.6 Å². The van der Waals surface area contributed by atoms with Crippen LogP contribution in [0, 0.1) is 0 Å². The third-order valence-electron chi connectivity index (χ3n) is 4.66. The number of amides is 1. The number of nitrogens with zero attached hydrogens (tertiary/aromatic N) is 3. The monoisotopic (exact) mass is 338 g/mol. The number of benzene rings is 1. The maximum atomic E-state index is 12.3. The first-order valence-corrected chi connectivity index (χ1v) is 9.08. The Hall–Kier alpha value is -2.56. The summed E-state index contributed by atoms with van der Waals surface area (Å²) in [5.41, 5.74) is 3.66. The molecule has 1 aliphatic heterocycles. The highest BCUT2D eigenvalue weighted by Gasteiger charge is 2.14. The van der Waals surface area contributed by atoms with Gasteiger partial charge in [0.25, 0.3) is 5.91 Å². The molecule has 1 N–H and O–H groups in total. The standard InChI is InChI=1S/C20H26N4O/c1-3-23(4-2)20(25)19-12-9-17(15-21-19)22-16-7-10-18(11-8-16)24-13-5-6-14-24/h7-12,15,22H,3-6,13-14H2,1-2H3. The number of rotatable bonds is 6. The Kier molecular flexibility index (Phi) is 5.53. The van der Waals surface area contributed by atoms with Gasteiger partial charge in [-0.15, -0.1) is 0 Å². The average molecular weight is 338 g/mol. The lowest BCUT2D eigenvalue weighted by Crippen LogP contribution is -2.31. The summed E-state index contributed by atoms with van der Waals surface area (Å²) in [4.78, 5) is 20.8. The molecular formula is C20H26N4O. The maximum absolute atomic E-state index is 12.3. The molecule has 132 valence electrons. The van der Waals surface area contributed by atoms with Crippen LogP contribution < -0.4 is 10.2 Å². The van der Waals surface area contributed by atoms with Crippen molar-refractivity contribution in [1.82, 2.24) is 9.88 Å². The highest BCUT2D eigenvalue weighted by atomic mass is 16.2. The summed E-state index contributed by atoms with van der Waals surface area (Å²) in [5.74, 6) is -0.0217. The zero-order chi connectivity index (χ0) is 17.6. The molecule has 0 atom stereocenters. The molecule has 1 aliphatic rings. The van der Waals surface area contributed by atoms with Crippen LogP contribution in [-0.4, -0.2) is 42.0 Å². The lowest BCUT2D eigenvalue weighted by Gasteiger charge is -2.18. The topological polar surface area (TPSA) is 48.5 Å². The summed E-state index contributed by atoms with van der Waals surface area (Å²) in [6.07, 6.45) is 4.28. The van der Waals surface area contributed by atoms with E-state index in [0.29, 0.717) is 18.8 Å². The lowest BCUT2D eigenvalue weighted by atomic mass is 10.2. The molecule has 2 aromatic rings. The minimum absolute atomic E-state index is 0.0217. The van der Waals surface area contributed by atoms with E-state index >= 15 is 0 Å². The van der Waals surface area contributed by atoms with Gasteiger partial charge in [-0.1, -0.05) is 0 Å². The van der Waals surface area contributed by atoms with Crippen LogP contribution in [0.25, 0.3) is 0 Å². The molecular weight excluding hydrogens is 312 g/mol. The van der Waals surface area contributed by atoms with E-state index in [0.717, 1.165) is 24.5 Å². The number of hydrogen-bond donors (Lipinski definition) is 1. The third-order valence-corrected chi connectivity index (χ3v) is 4.66. The zero-order valence-corrected chi connectivity index (χ0v) is 15.0. The van der Waals surface area contributed by atoms with Crippen molar-refractivity contribution in [2.75, 3.05) is 36.4 Å². The van der Waals surface area contributed by atoms with Crippen LogP contribution in [0.5, 0.6) is 0 Å². The van der Waals surface area contributed by atoms with Crippen molar-refractivity contribution in [3.63, 3.8) is 0 Å². The number of aromatic nitrogens is 1. The first kappa shape index (κ1) is 17.3. The molecule has 1 saturated heterocycles. The van der Waals surface area contributed by atoms with E-state index in [1.54, 1.807) is 17.2 Å². The van der Waals surface area contributed by atoms with Crippen molar-refractivity contribution in [1.29, 1.82) is 0 Å². The van der Waals surface area contributed by atoms with Crippen molar-refractivity contribution in [2.45, 2.75) is 26.7 Å². The number of anilines is 3. The van der Waals surface area contributed by atoms with Crippen LogP contribution in [0.1, 0.15) is 37.2 Å². The number of pyridine rings is 1. The summed E-state index contributed by atoms with van der Waals surface area (Å²) in [7, 11) is 0. The predicted octanol–water partition coefficient (Wildman–Crippen LogP) is 3.91. The maximum Gasteiger partial charge on any atom is 0.272 e. The van der Waals surface area contributed by atoms with Gasteiger partial charge >= 0.3 is 0 Å². The van der Waals surface area contributed by atoms with Crippen molar-refractivity contribution < 1.29 is 4.79 Å². The minimum atomic E-state index is -0.0217. The van der Waals surface area contributed by atoms with E-state index in [1.165, 1.54) is 18.5 Å². The molecule has 0 aliphatic carbocycles. The van der Waals surface area contributed by atoms with Crippen LogP contribution in [0.2, 0.25) is 0 Å². The number of carbonyl (C=O) groups excluding carboxylic acids is 1. The molecule has 1 amide bonds. The van der Waals surface area contributed by atoms with Crippen LogP contribution in [0.3, 0.4) is 0 Å². The molecule has 0 spiro atoms. The fourth-order valence-corrected chi connectivity index (χ4v) is 3.16. The Bertz CT molecular complexity index is 687. The molecule has 3 rings (SSSR count). The highest BCUT2D eigenvalue weighted by Crippen LogP contribution is 2.23. The molecule has 1 fully saturated rings. The normalized spacial score (nSPS) is 13.8. The second-order valence-electron chi connectivity index (χ2n) is 6.28. The molecule has 0 radical (unpaired) electrons. The summed E-state index contributed by atoms with van der Waals surface area (Å²) in [5, 5.41) is 3.34. The molecule has 1 aromatic heterocycles. The number of nitrogens with one attached hydrogen (secondary N) is 1. The van der Waals surface area contributed by atoms with Crippen molar-refractivity contribution in [3.05, 3.63) is 48.3 Å². The van der Waals surface area contributed by atoms with Crippen LogP contribution >= 0.6 is 0 Å². The van der Waals surface area contributed by atoms with Gasteiger partial charge in [-0.3, -0.25) is 4.79 Å². The summed E-state index contributed by atoms with van der Waals surface area (Å²) in [6, 6.07) is 12.2. The molecule has 0 unspecified atom stereocenters. The Morgan fingerprint density at radius 2 is 1.68 bits per heavy atom. The molecule has 0 bridgehead atoms. The van der Waals surface area contributed by atoms with Crippen LogP contribution in [-0.2, 0) is 0 Å². The number of hydrogen-bond acceptors (Lipinski definition) is 4. The van der Waals surface area contributed by atoms with E-state index < -0.39 is 0 Å². The van der Waals surface area contributed by atoms with Gasteiger partial charge in [0.05, 0.1) is 11.9 Å². The van der Waals surface area contributed by atoms with Crippen molar-refractivity contribution in [2.24, 2.45) is 0 Å². The van der Waals surface area contributed by atoms with E-state index in [1.807, 2.05) is 19.9 Å². The SMILES string of the molecule is CCN(CC)C(=O)c1ccc(Nc2ccc(N3CCCC3)cc2)cn1. The van der Waals surface area contributed by atoms with Gasteiger partial charge < -0.3 is 15.1 Å². The second kappa shape index (κ2) is 8.01. The van der Waals surface area contributed by atoms with Crippen molar-refractivity contribution >= 4 is 23.0 Å². The van der Waals surface area contributed by atoms with Gasteiger partial charge in [0.2, 0.25) is 0 Å². The van der Waals surface area contributed by atoms with Gasteiger partial charge in [0.1, 0.15) is 5.69 Å². The van der Waals surface area contributed by atoms with E-state index in [-0.39, 0.29) is 5.91 Å². The largest absolute Gasteiger partial charge is 0.372 e. The molecule has 1 aromatic carbocycles. The van der Waals surface area contributed by atoms with Gasteiger partial charge in [-0.2, -0.15) is 0 Å². The van der Waals surface area contributed by atoms with E-state index in [2.05, 4.69) is 39.5 Å². The fraction of sp³-hybridized carbons (Fsp3) is 0.400. The van der Waals surface area contributed by atoms with E-state index in [4.69, 9.17) is 0 Å². The second-order valence-corrected chi connectivity index (χ2v) is 6.28. The Labute approximate surface area is 149 Å². The molecule has 5 nitrogen and oxygen atoms in total. The Balaban J connectivity index is 1.64. The lowest BCUT2D eigenvalue weighted by molar-refractivity contribution is 0.0767. The van der Waals surface area contributed by atoms with Gasteiger partial charge in [-0.25, -0.2) is 4.98 Å². The van der Waals surface area contributed by atoms with Crippen LogP contribution in [0.15, 0.2) is 42.6 Å². The molecule has 5 heteroatoms. The first-order chi connectivity index (χ1) is 12.2. The van der Waals surface area contributed by atoms with Crippen molar-refractivity contribution in [3.8, 4) is 0 Å². The fourth-order valence-electron chi connectivity index (χ4n) is 3.16. The minimum Gasteiger partial charge on any atom is -0.372 e. The molecule has 2 heterocycles. The molecule has 25 heavy (non-hydrogen) atoms. The first-order valence-electron chi connectivity index (χ1n) is 9.08. The van der Waals surface area contributed by atoms with Crippen LogP contribution in [0.4, 0.5) is 17.1 Å². The predicted molar refractivity (Wildman–Crippen MR) is 103 cm³/mol. The van der Waals surface area contributed by atoms with Gasteiger partial charge in [-0.05, 0) is 63.1 Å². The summed E-state index contributed by atoms with van der Waals surface area (Å²) in [6.45, 7) is 7.64. The Morgan fingerprint density at radius 1 is 1.04 bits per heavy atom. The Morgan fingerprint density at radius 3 is 2.24 bits per heavy atom. The smallest absolute Gasteiger partial charge is 0.272 e. The third kappa shape index (κ3) is 4.10.